The van der Waals surface area contributed by atoms with Gasteiger partial charge in [-0.2, -0.15) is 5.10 Å². The quantitative estimate of drug-likeness (QED) is 0.906. The first-order valence-electron chi connectivity index (χ1n) is 7.08. The predicted octanol–water partition coefficient (Wildman–Crippen LogP) is 1.36. The number of aromatic nitrogens is 2. The van der Waals surface area contributed by atoms with Crippen molar-refractivity contribution in [1.82, 2.24) is 20.0 Å². The van der Waals surface area contributed by atoms with Crippen LogP contribution in [0.25, 0.3) is 5.69 Å². The van der Waals surface area contributed by atoms with Crippen molar-refractivity contribution in [3.8, 4) is 5.69 Å². The van der Waals surface area contributed by atoms with Crippen LogP contribution in [0.4, 0.5) is 0 Å². The van der Waals surface area contributed by atoms with Crippen molar-refractivity contribution in [2.45, 2.75) is 26.4 Å². The van der Waals surface area contributed by atoms with Crippen molar-refractivity contribution in [3.05, 3.63) is 48.3 Å². The number of hydrogen-bond donors (Lipinski definition) is 1. The molecule has 2 amide bonds. The van der Waals surface area contributed by atoms with Gasteiger partial charge in [-0.05, 0) is 19.1 Å². The van der Waals surface area contributed by atoms with Crippen LogP contribution in [0.3, 0.4) is 0 Å². The number of nitrogens with zero attached hydrogens (tertiary/aromatic N) is 3. The second kappa shape index (κ2) is 6.89. The maximum atomic E-state index is 12.1. The number of amides is 2. The van der Waals surface area contributed by atoms with Crippen molar-refractivity contribution in [2.24, 2.45) is 0 Å². The van der Waals surface area contributed by atoms with Crippen molar-refractivity contribution < 1.29 is 9.59 Å². The molecular formula is C16H20N4O2. The van der Waals surface area contributed by atoms with Gasteiger partial charge in [-0.15, -0.1) is 0 Å². The van der Waals surface area contributed by atoms with Gasteiger partial charge in [-0.1, -0.05) is 18.2 Å². The summed E-state index contributed by atoms with van der Waals surface area (Å²) < 4.78 is 1.77. The standard InChI is InChI=1S/C16H20N4O2/c1-12(18-13(2)21)16(22)19(3)10-14-9-17-20(11-14)15-7-5-4-6-8-15/h4-9,11-12H,10H2,1-3H3,(H,18,21)/t12-/m0/s1. The van der Waals surface area contributed by atoms with Gasteiger partial charge in [0.05, 0.1) is 11.9 Å². The fourth-order valence-electron chi connectivity index (χ4n) is 2.21. The molecule has 22 heavy (non-hydrogen) atoms. The molecule has 0 aliphatic heterocycles. The van der Waals surface area contributed by atoms with E-state index in [1.165, 1.54) is 6.92 Å². The first-order chi connectivity index (χ1) is 10.5. The predicted molar refractivity (Wildman–Crippen MR) is 83.3 cm³/mol. The zero-order chi connectivity index (χ0) is 16.1. The Labute approximate surface area is 129 Å². The van der Waals surface area contributed by atoms with Crippen LogP contribution in [0.1, 0.15) is 19.4 Å². The fourth-order valence-corrected chi connectivity index (χ4v) is 2.21. The topological polar surface area (TPSA) is 67.2 Å². The molecule has 0 unspecified atom stereocenters. The van der Waals surface area contributed by atoms with Gasteiger partial charge in [0.1, 0.15) is 6.04 Å². The molecular weight excluding hydrogens is 280 g/mol. The third-order valence-electron chi connectivity index (χ3n) is 3.24. The molecule has 6 nitrogen and oxygen atoms in total. The van der Waals surface area contributed by atoms with E-state index in [0.717, 1.165) is 11.3 Å². The van der Waals surface area contributed by atoms with Crippen molar-refractivity contribution in [3.63, 3.8) is 0 Å². The summed E-state index contributed by atoms with van der Waals surface area (Å²) in [4.78, 5) is 24.7. The number of benzene rings is 1. The molecule has 0 aliphatic rings. The van der Waals surface area contributed by atoms with E-state index in [0.29, 0.717) is 6.54 Å². The maximum Gasteiger partial charge on any atom is 0.244 e. The van der Waals surface area contributed by atoms with Gasteiger partial charge in [0.15, 0.2) is 0 Å². The van der Waals surface area contributed by atoms with Crippen LogP contribution in [0, 0.1) is 0 Å². The van der Waals surface area contributed by atoms with Crippen LogP contribution >= 0.6 is 0 Å². The van der Waals surface area contributed by atoms with E-state index in [1.807, 2.05) is 36.5 Å². The first kappa shape index (κ1) is 15.8. The Morgan fingerprint density at radius 2 is 2.00 bits per heavy atom. The number of para-hydroxylation sites is 1. The summed E-state index contributed by atoms with van der Waals surface area (Å²) in [6, 6.07) is 9.23. The van der Waals surface area contributed by atoms with Gasteiger partial charge in [0, 0.05) is 32.3 Å². The molecule has 1 aromatic carbocycles. The van der Waals surface area contributed by atoms with Crippen LogP contribution in [0.15, 0.2) is 42.7 Å². The summed E-state index contributed by atoms with van der Waals surface area (Å²) >= 11 is 0. The average Bonchev–Trinajstić information content (AvgIpc) is 2.95. The van der Waals surface area contributed by atoms with E-state index in [9.17, 15) is 9.59 Å². The van der Waals surface area contributed by atoms with Crippen molar-refractivity contribution >= 4 is 11.8 Å². The van der Waals surface area contributed by atoms with Crippen molar-refractivity contribution in [1.29, 1.82) is 0 Å². The molecule has 0 spiro atoms. The van der Waals surface area contributed by atoms with Crippen molar-refractivity contribution in [2.75, 3.05) is 7.05 Å². The second-order valence-corrected chi connectivity index (χ2v) is 5.25. The van der Waals surface area contributed by atoms with Crippen LogP contribution in [-0.2, 0) is 16.1 Å². The first-order valence-corrected chi connectivity index (χ1v) is 7.08. The molecule has 0 fully saturated rings. The number of carbonyl (C=O) groups excluding carboxylic acids is 2. The summed E-state index contributed by atoms with van der Waals surface area (Å²) in [7, 11) is 1.71. The highest BCUT2D eigenvalue weighted by Crippen LogP contribution is 2.09. The summed E-state index contributed by atoms with van der Waals surface area (Å²) in [6.45, 7) is 3.51. The Bertz CT molecular complexity index is 651. The summed E-state index contributed by atoms with van der Waals surface area (Å²) in [6.07, 6.45) is 3.63. The minimum atomic E-state index is -0.535. The van der Waals surface area contributed by atoms with E-state index in [2.05, 4.69) is 10.4 Å². The fraction of sp³-hybridized carbons (Fsp3) is 0.312. The zero-order valence-corrected chi connectivity index (χ0v) is 13.0. The zero-order valence-electron chi connectivity index (χ0n) is 13.0. The molecule has 1 atom stereocenters. The molecule has 0 bridgehead atoms. The normalized spacial score (nSPS) is 11.8. The maximum absolute atomic E-state index is 12.1. The Kier molecular flexibility index (Phi) is 4.93. The number of rotatable bonds is 5. The summed E-state index contributed by atoms with van der Waals surface area (Å²) in [5.74, 6) is -0.353. The number of likely N-dealkylation sites (N-methyl/N-ethyl adjacent to an activating group) is 1. The molecule has 2 rings (SSSR count). The third kappa shape index (κ3) is 3.94. The smallest absolute Gasteiger partial charge is 0.244 e. The molecule has 6 heteroatoms. The lowest BCUT2D eigenvalue weighted by Gasteiger charge is -2.21. The Balaban J connectivity index is 2.01. The van der Waals surface area contributed by atoms with Gasteiger partial charge in [0.2, 0.25) is 11.8 Å². The van der Waals surface area contributed by atoms with E-state index in [1.54, 1.807) is 29.7 Å². The minimum Gasteiger partial charge on any atom is -0.345 e. The van der Waals surface area contributed by atoms with Crippen LogP contribution < -0.4 is 5.32 Å². The average molecular weight is 300 g/mol. The van der Waals surface area contributed by atoms with Gasteiger partial charge >= 0.3 is 0 Å². The lowest BCUT2D eigenvalue weighted by Crippen LogP contribution is -2.44. The SMILES string of the molecule is CC(=O)N[C@@H](C)C(=O)N(C)Cc1cnn(-c2ccccc2)c1. The monoisotopic (exact) mass is 300 g/mol. The van der Waals surface area contributed by atoms with Crippen LogP contribution in [-0.4, -0.2) is 39.6 Å². The molecule has 1 N–H and O–H groups in total. The largest absolute Gasteiger partial charge is 0.345 e. The molecule has 1 aromatic heterocycles. The Morgan fingerprint density at radius 3 is 2.64 bits per heavy atom. The third-order valence-corrected chi connectivity index (χ3v) is 3.24. The highest BCUT2D eigenvalue weighted by atomic mass is 16.2. The van der Waals surface area contributed by atoms with E-state index in [-0.39, 0.29) is 11.8 Å². The van der Waals surface area contributed by atoms with Crippen LogP contribution in [0.2, 0.25) is 0 Å². The van der Waals surface area contributed by atoms with Gasteiger partial charge < -0.3 is 10.2 Å². The van der Waals surface area contributed by atoms with Gasteiger partial charge in [-0.25, -0.2) is 4.68 Å². The Morgan fingerprint density at radius 1 is 1.32 bits per heavy atom. The van der Waals surface area contributed by atoms with E-state index >= 15 is 0 Å². The number of carbonyl (C=O) groups is 2. The molecule has 0 aliphatic carbocycles. The molecule has 1 heterocycles. The van der Waals surface area contributed by atoms with E-state index < -0.39 is 6.04 Å². The van der Waals surface area contributed by atoms with Gasteiger partial charge in [-0.3, -0.25) is 9.59 Å². The molecule has 0 radical (unpaired) electrons. The Hall–Kier alpha value is -2.63. The number of nitrogens with one attached hydrogen (secondary N) is 1. The number of hydrogen-bond acceptors (Lipinski definition) is 3. The summed E-state index contributed by atoms with van der Waals surface area (Å²) in [5, 5.41) is 6.89. The lowest BCUT2D eigenvalue weighted by atomic mass is 10.2. The highest BCUT2D eigenvalue weighted by molar-refractivity contribution is 5.86. The molecule has 2 aromatic rings. The lowest BCUT2D eigenvalue weighted by molar-refractivity contribution is -0.134. The highest BCUT2D eigenvalue weighted by Gasteiger charge is 2.18. The van der Waals surface area contributed by atoms with Gasteiger partial charge in [0.25, 0.3) is 0 Å². The molecule has 0 saturated heterocycles. The molecule has 116 valence electrons. The van der Waals surface area contributed by atoms with E-state index in [4.69, 9.17) is 0 Å². The van der Waals surface area contributed by atoms with Crippen LogP contribution in [0.5, 0.6) is 0 Å². The second-order valence-electron chi connectivity index (χ2n) is 5.25. The summed E-state index contributed by atoms with van der Waals surface area (Å²) in [5.41, 5.74) is 1.89. The molecule has 0 saturated carbocycles. The minimum absolute atomic E-state index is 0.136.